The van der Waals surface area contributed by atoms with Gasteiger partial charge in [0, 0.05) is 24.7 Å². The molecule has 1 N–H and O–H groups in total. The highest BCUT2D eigenvalue weighted by Crippen LogP contribution is 2.34. The second-order valence-corrected chi connectivity index (χ2v) is 7.87. The summed E-state index contributed by atoms with van der Waals surface area (Å²) in [5, 5.41) is 2.97. The highest BCUT2D eigenvalue weighted by Gasteiger charge is 2.27. The molecule has 0 saturated carbocycles. The lowest BCUT2D eigenvalue weighted by Crippen LogP contribution is -2.43. The average Bonchev–Trinajstić information content (AvgIpc) is 3.36. The number of carbonyl (C=O) groups is 2. The number of ether oxygens (including phenoxy) is 2. The van der Waals surface area contributed by atoms with Crippen LogP contribution >= 0.6 is 0 Å². The molecular formula is C22H27N3O5. The first-order chi connectivity index (χ1) is 14.5. The molecule has 2 aliphatic rings. The van der Waals surface area contributed by atoms with E-state index in [1.54, 1.807) is 24.1 Å². The number of aryl methyl sites for hydroxylation is 1. The minimum atomic E-state index is -0.0643. The van der Waals surface area contributed by atoms with Crippen LogP contribution < -0.4 is 14.8 Å². The van der Waals surface area contributed by atoms with Gasteiger partial charge in [0.1, 0.15) is 11.5 Å². The Labute approximate surface area is 175 Å². The molecule has 8 nitrogen and oxygen atoms in total. The van der Waals surface area contributed by atoms with E-state index in [2.05, 4.69) is 10.2 Å². The third-order valence-corrected chi connectivity index (χ3v) is 5.57. The van der Waals surface area contributed by atoms with E-state index >= 15 is 0 Å². The van der Waals surface area contributed by atoms with Crippen molar-refractivity contribution in [1.82, 2.24) is 9.80 Å². The topological polar surface area (TPSA) is 84.3 Å². The molecule has 0 unspecified atom stereocenters. The van der Waals surface area contributed by atoms with E-state index in [1.165, 1.54) is 0 Å². The SMILES string of the molecule is Cc1ccc(CN(C)C(=O)CN2CCC(C(=O)Nc3ccc4c(c3)OCO4)CC2)o1. The molecule has 3 heterocycles. The van der Waals surface area contributed by atoms with Gasteiger partial charge in [0.15, 0.2) is 11.5 Å². The zero-order valence-electron chi connectivity index (χ0n) is 17.3. The summed E-state index contributed by atoms with van der Waals surface area (Å²) in [7, 11) is 1.78. The van der Waals surface area contributed by atoms with E-state index in [4.69, 9.17) is 13.9 Å². The summed E-state index contributed by atoms with van der Waals surface area (Å²) in [5.74, 6) is 2.95. The van der Waals surface area contributed by atoms with Gasteiger partial charge in [0.05, 0.1) is 13.1 Å². The molecule has 1 aromatic carbocycles. The maximum atomic E-state index is 12.6. The Kier molecular flexibility index (Phi) is 5.94. The van der Waals surface area contributed by atoms with Crippen molar-refractivity contribution in [2.75, 3.05) is 38.8 Å². The highest BCUT2D eigenvalue weighted by atomic mass is 16.7. The van der Waals surface area contributed by atoms with Gasteiger partial charge < -0.3 is 24.1 Å². The molecule has 0 spiro atoms. The van der Waals surface area contributed by atoms with Gasteiger partial charge in [-0.25, -0.2) is 0 Å². The number of hydrogen-bond acceptors (Lipinski definition) is 6. The minimum absolute atomic E-state index is 0.00477. The number of likely N-dealkylation sites (tertiary alicyclic amines) is 1. The maximum absolute atomic E-state index is 12.6. The number of fused-ring (bicyclic) bond motifs is 1. The smallest absolute Gasteiger partial charge is 0.236 e. The Morgan fingerprint density at radius 2 is 1.90 bits per heavy atom. The van der Waals surface area contributed by atoms with E-state index in [0.29, 0.717) is 30.3 Å². The molecule has 8 heteroatoms. The van der Waals surface area contributed by atoms with Gasteiger partial charge >= 0.3 is 0 Å². The molecule has 160 valence electrons. The van der Waals surface area contributed by atoms with E-state index in [9.17, 15) is 9.59 Å². The van der Waals surface area contributed by atoms with Crippen LogP contribution in [0.1, 0.15) is 24.4 Å². The van der Waals surface area contributed by atoms with Crippen molar-refractivity contribution in [2.45, 2.75) is 26.3 Å². The zero-order valence-corrected chi connectivity index (χ0v) is 17.3. The molecule has 2 aromatic rings. The van der Waals surface area contributed by atoms with Crippen molar-refractivity contribution in [1.29, 1.82) is 0 Å². The Bertz CT molecular complexity index is 917. The van der Waals surface area contributed by atoms with Crippen LogP contribution in [-0.4, -0.2) is 55.1 Å². The van der Waals surface area contributed by atoms with Crippen LogP contribution in [0.3, 0.4) is 0 Å². The number of benzene rings is 1. The summed E-state index contributed by atoms with van der Waals surface area (Å²) in [4.78, 5) is 28.9. The summed E-state index contributed by atoms with van der Waals surface area (Å²) >= 11 is 0. The van der Waals surface area contributed by atoms with Gasteiger partial charge in [0.25, 0.3) is 0 Å². The molecule has 1 fully saturated rings. The quantitative estimate of drug-likeness (QED) is 0.784. The maximum Gasteiger partial charge on any atom is 0.236 e. The summed E-state index contributed by atoms with van der Waals surface area (Å²) in [6.45, 7) is 4.35. The molecule has 2 amide bonds. The summed E-state index contributed by atoms with van der Waals surface area (Å²) in [6, 6.07) is 9.18. The first kappa shape index (κ1) is 20.3. The molecule has 1 aromatic heterocycles. The van der Waals surface area contributed by atoms with Crippen molar-refractivity contribution in [2.24, 2.45) is 5.92 Å². The van der Waals surface area contributed by atoms with Gasteiger partial charge in [-0.15, -0.1) is 0 Å². The lowest BCUT2D eigenvalue weighted by molar-refractivity contribution is -0.132. The van der Waals surface area contributed by atoms with Crippen LogP contribution in [0.25, 0.3) is 0 Å². The molecule has 4 rings (SSSR count). The minimum Gasteiger partial charge on any atom is -0.464 e. The first-order valence-corrected chi connectivity index (χ1v) is 10.2. The average molecular weight is 413 g/mol. The van der Waals surface area contributed by atoms with Crippen LogP contribution in [0.4, 0.5) is 5.69 Å². The normalized spacial score (nSPS) is 16.5. The summed E-state index contributed by atoms with van der Waals surface area (Å²) in [6.07, 6.45) is 1.45. The second kappa shape index (κ2) is 8.79. The molecule has 0 bridgehead atoms. The second-order valence-electron chi connectivity index (χ2n) is 7.87. The Balaban J connectivity index is 1.22. The number of anilines is 1. The summed E-state index contributed by atoms with van der Waals surface area (Å²) < 4.78 is 16.2. The first-order valence-electron chi connectivity index (χ1n) is 10.2. The lowest BCUT2D eigenvalue weighted by Gasteiger charge is -2.31. The number of carbonyl (C=O) groups excluding carboxylic acids is 2. The van der Waals surface area contributed by atoms with Crippen LogP contribution in [-0.2, 0) is 16.1 Å². The monoisotopic (exact) mass is 413 g/mol. The fourth-order valence-corrected chi connectivity index (χ4v) is 3.78. The Hall–Kier alpha value is -3.00. The molecule has 1 saturated heterocycles. The molecule has 2 aliphatic heterocycles. The van der Waals surface area contributed by atoms with Gasteiger partial charge in [-0.05, 0) is 57.1 Å². The van der Waals surface area contributed by atoms with Gasteiger partial charge in [-0.3, -0.25) is 14.5 Å². The molecule has 0 atom stereocenters. The van der Waals surface area contributed by atoms with Gasteiger partial charge in [-0.2, -0.15) is 0 Å². The number of amides is 2. The fraction of sp³-hybridized carbons (Fsp3) is 0.455. The number of nitrogens with one attached hydrogen (secondary N) is 1. The van der Waals surface area contributed by atoms with Gasteiger partial charge in [-0.1, -0.05) is 0 Å². The predicted molar refractivity (Wildman–Crippen MR) is 110 cm³/mol. The molecule has 0 aliphatic carbocycles. The summed E-state index contributed by atoms with van der Waals surface area (Å²) in [5.41, 5.74) is 0.705. The lowest BCUT2D eigenvalue weighted by atomic mass is 9.95. The largest absolute Gasteiger partial charge is 0.464 e. The number of furan rings is 1. The van der Waals surface area contributed by atoms with E-state index in [0.717, 1.165) is 37.5 Å². The van der Waals surface area contributed by atoms with Crippen LogP contribution in [0, 0.1) is 12.8 Å². The Morgan fingerprint density at radius 1 is 1.13 bits per heavy atom. The van der Waals surface area contributed by atoms with Crippen molar-refractivity contribution >= 4 is 17.5 Å². The van der Waals surface area contributed by atoms with Gasteiger partial charge in [0.2, 0.25) is 18.6 Å². The molecular weight excluding hydrogens is 386 g/mol. The highest BCUT2D eigenvalue weighted by molar-refractivity contribution is 5.93. The van der Waals surface area contributed by atoms with E-state index < -0.39 is 0 Å². The number of likely N-dealkylation sites (N-methyl/N-ethyl adjacent to an activating group) is 1. The Morgan fingerprint density at radius 3 is 2.63 bits per heavy atom. The van der Waals surface area contributed by atoms with Crippen molar-refractivity contribution in [3.8, 4) is 11.5 Å². The van der Waals surface area contributed by atoms with Crippen LogP contribution in [0.2, 0.25) is 0 Å². The van der Waals surface area contributed by atoms with Crippen LogP contribution in [0.15, 0.2) is 34.7 Å². The number of nitrogens with zero attached hydrogens (tertiary/aromatic N) is 2. The van der Waals surface area contributed by atoms with Crippen molar-refractivity contribution in [3.05, 3.63) is 41.9 Å². The number of rotatable bonds is 6. The number of piperidine rings is 1. The third kappa shape index (κ3) is 4.76. The third-order valence-electron chi connectivity index (χ3n) is 5.57. The molecule has 0 radical (unpaired) electrons. The van der Waals surface area contributed by atoms with E-state index in [-0.39, 0.29) is 24.5 Å². The van der Waals surface area contributed by atoms with E-state index in [1.807, 2.05) is 25.1 Å². The standard InChI is InChI=1S/C22H27N3O5/c1-15-3-5-18(30-15)12-24(2)21(26)13-25-9-7-16(8-10-25)22(27)23-17-4-6-19-20(11-17)29-14-28-19/h3-6,11,16H,7-10,12-14H2,1-2H3,(H,23,27). The number of hydrogen-bond donors (Lipinski definition) is 1. The zero-order chi connectivity index (χ0) is 21.1. The fourth-order valence-electron chi connectivity index (χ4n) is 3.78. The predicted octanol–water partition coefficient (Wildman–Crippen LogP) is 2.63. The van der Waals surface area contributed by atoms with Crippen molar-refractivity contribution < 1.29 is 23.5 Å². The van der Waals surface area contributed by atoms with Crippen molar-refractivity contribution in [3.63, 3.8) is 0 Å². The van der Waals surface area contributed by atoms with Crippen LogP contribution in [0.5, 0.6) is 11.5 Å². The molecule has 30 heavy (non-hydrogen) atoms.